The molecule has 0 radical (unpaired) electrons. The van der Waals surface area contributed by atoms with Crippen LogP contribution >= 0.6 is 0 Å². The number of hydrogen-bond acceptors (Lipinski definition) is 5. The summed E-state index contributed by atoms with van der Waals surface area (Å²) in [6, 6.07) is 10.2. The second-order valence-electron chi connectivity index (χ2n) is 7.97. The molecule has 1 aromatic carbocycles. The number of aryl methyl sites for hydroxylation is 1. The van der Waals surface area contributed by atoms with Crippen LogP contribution < -0.4 is 9.47 Å². The van der Waals surface area contributed by atoms with Crippen LogP contribution in [0.15, 0.2) is 48.9 Å². The van der Waals surface area contributed by atoms with Crippen LogP contribution in [0.25, 0.3) is 11.4 Å². The van der Waals surface area contributed by atoms with E-state index in [1.165, 1.54) is 24.1 Å². The van der Waals surface area contributed by atoms with E-state index in [-0.39, 0.29) is 0 Å². The van der Waals surface area contributed by atoms with Gasteiger partial charge >= 0.3 is 0 Å². The number of aromatic nitrogens is 3. The molecule has 0 amide bonds. The summed E-state index contributed by atoms with van der Waals surface area (Å²) in [5, 5.41) is 0. The average molecular weight is 407 g/mol. The third kappa shape index (κ3) is 4.33. The summed E-state index contributed by atoms with van der Waals surface area (Å²) in [7, 11) is 3.40. The molecule has 1 aliphatic rings. The first kappa shape index (κ1) is 20.4. The van der Waals surface area contributed by atoms with Gasteiger partial charge < -0.3 is 14.0 Å². The Kier molecular flexibility index (Phi) is 6.33. The third-order valence-corrected chi connectivity index (χ3v) is 5.90. The molecule has 1 aliphatic heterocycles. The Hall–Kier alpha value is -2.86. The monoisotopic (exact) mass is 406 g/mol. The molecule has 1 fully saturated rings. The Balaban J connectivity index is 1.48. The molecule has 0 spiro atoms. The number of nitrogens with zero attached hydrogens (tertiary/aromatic N) is 4. The summed E-state index contributed by atoms with van der Waals surface area (Å²) >= 11 is 0. The van der Waals surface area contributed by atoms with Crippen LogP contribution in [0.5, 0.6) is 11.5 Å². The van der Waals surface area contributed by atoms with E-state index in [2.05, 4.69) is 38.5 Å². The molecule has 4 rings (SSSR count). The molecule has 2 aromatic heterocycles. The normalized spacial score (nSPS) is 17.1. The Morgan fingerprint density at radius 2 is 2.00 bits per heavy atom. The first-order valence-corrected chi connectivity index (χ1v) is 10.5. The predicted octanol–water partition coefficient (Wildman–Crippen LogP) is 4.18. The quantitative estimate of drug-likeness (QED) is 0.589. The molecule has 1 saturated heterocycles. The van der Waals surface area contributed by atoms with Gasteiger partial charge in [0.15, 0.2) is 11.5 Å². The Morgan fingerprint density at radius 1 is 1.10 bits per heavy atom. The Morgan fingerprint density at radius 3 is 2.77 bits per heavy atom. The van der Waals surface area contributed by atoms with Crippen LogP contribution in [-0.2, 0) is 13.1 Å². The zero-order valence-corrected chi connectivity index (χ0v) is 18.0. The molecule has 0 bridgehead atoms. The predicted molar refractivity (Wildman–Crippen MR) is 118 cm³/mol. The van der Waals surface area contributed by atoms with E-state index in [0.717, 1.165) is 49.1 Å². The molecule has 0 aliphatic carbocycles. The smallest absolute Gasteiger partial charge is 0.165 e. The number of piperidine rings is 1. The molecule has 1 atom stereocenters. The summed E-state index contributed by atoms with van der Waals surface area (Å²) < 4.78 is 13.4. The number of likely N-dealkylation sites (tertiary alicyclic amines) is 1. The third-order valence-electron chi connectivity index (χ3n) is 5.90. The Bertz CT molecular complexity index is 971. The number of ether oxygens (including phenoxy) is 2. The lowest BCUT2D eigenvalue weighted by atomic mass is 9.97. The number of rotatable bonds is 7. The molecule has 0 saturated carbocycles. The number of benzene rings is 1. The van der Waals surface area contributed by atoms with Crippen molar-refractivity contribution in [1.82, 2.24) is 19.4 Å². The fourth-order valence-corrected chi connectivity index (χ4v) is 4.44. The maximum atomic E-state index is 5.63. The van der Waals surface area contributed by atoms with Gasteiger partial charge in [-0.2, -0.15) is 0 Å². The highest BCUT2D eigenvalue weighted by atomic mass is 16.5. The number of imidazole rings is 1. The number of methoxy groups -OCH3 is 2. The fraction of sp³-hybridized carbons (Fsp3) is 0.417. The number of hydrogen-bond donors (Lipinski definition) is 0. The second-order valence-corrected chi connectivity index (χ2v) is 7.97. The van der Waals surface area contributed by atoms with E-state index in [0.29, 0.717) is 5.92 Å². The van der Waals surface area contributed by atoms with E-state index < -0.39 is 0 Å². The Labute approximate surface area is 178 Å². The topological polar surface area (TPSA) is 52.4 Å². The van der Waals surface area contributed by atoms with E-state index in [1.54, 1.807) is 20.4 Å². The van der Waals surface area contributed by atoms with Crippen molar-refractivity contribution < 1.29 is 9.47 Å². The van der Waals surface area contributed by atoms with Crippen LogP contribution in [0.3, 0.4) is 0 Å². The van der Waals surface area contributed by atoms with Crippen molar-refractivity contribution in [3.8, 4) is 22.9 Å². The fourth-order valence-electron chi connectivity index (χ4n) is 4.44. The average Bonchev–Trinajstić information content (AvgIpc) is 3.14. The van der Waals surface area contributed by atoms with Gasteiger partial charge in [-0.05, 0) is 50.4 Å². The second kappa shape index (κ2) is 9.30. The van der Waals surface area contributed by atoms with Crippen LogP contribution in [0.4, 0.5) is 0 Å². The van der Waals surface area contributed by atoms with E-state index in [1.807, 2.05) is 30.6 Å². The van der Waals surface area contributed by atoms with Gasteiger partial charge in [0.25, 0.3) is 0 Å². The minimum absolute atomic E-state index is 0.582. The maximum absolute atomic E-state index is 5.63. The van der Waals surface area contributed by atoms with Crippen molar-refractivity contribution in [2.24, 2.45) is 5.92 Å². The lowest BCUT2D eigenvalue weighted by Crippen LogP contribution is -2.36. The molecule has 30 heavy (non-hydrogen) atoms. The number of pyridine rings is 1. The standard InChI is InChI=1S/C24H30N4O2/c1-18-13-26-24(20-9-5-11-25-14-20)28(18)16-19-7-6-12-27(15-19)17-21-8-4-10-22(29-2)23(21)30-3/h4-5,8-11,13-14,19H,6-7,12,15-17H2,1-3H3. The highest BCUT2D eigenvalue weighted by Gasteiger charge is 2.23. The minimum Gasteiger partial charge on any atom is -0.493 e. The minimum atomic E-state index is 0.582. The molecule has 0 N–H and O–H groups in total. The molecule has 1 unspecified atom stereocenters. The maximum Gasteiger partial charge on any atom is 0.165 e. The molecule has 6 heteroatoms. The highest BCUT2D eigenvalue weighted by molar-refractivity contribution is 5.54. The van der Waals surface area contributed by atoms with Gasteiger partial charge in [-0.3, -0.25) is 9.88 Å². The van der Waals surface area contributed by atoms with Crippen molar-refractivity contribution in [3.63, 3.8) is 0 Å². The van der Waals surface area contributed by atoms with E-state index in [9.17, 15) is 0 Å². The molecule has 3 heterocycles. The van der Waals surface area contributed by atoms with E-state index >= 15 is 0 Å². The lowest BCUT2D eigenvalue weighted by molar-refractivity contribution is 0.154. The van der Waals surface area contributed by atoms with Gasteiger partial charge in [-0.15, -0.1) is 0 Å². The highest BCUT2D eigenvalue weighted by Crippen LogP contribution is 2.32. The van der Waals surface area contributed by atoms with E-state index in [4.69, 9.17) is 9.47 Å². The first-order chi connectivity index (χ1) is 14.7. The molecular formula is C24H30N4O2. The van der Waals surface area contributed by atoms with Crippen LogP contribution in [0.2, 0.25) is 0 Å². The van der Waals surface area contributed by atoms with Gasteiger partial charge in [0.1, 0.15) is 5.82 Å². The van der Waals surface area contributed by atoms with Gasteiger partial charge in [0, 0.05) is 55.0 Å². The first-order valence-electron chi connectivity index (χ1n) is 10.5. The van der Waals surface area contributed by atoms with Gasteiger partial charge in [-0.1, -0.05) is 12.1 Å². The van der Waals surface area contributed by atoms with Crippen molar-refractivity contribution in [2.75, 3.05) is 27.3 Å². The van der Waals surface area contributed by atoms with Crippen molar-refractivity contribution >= 4 is 0 Å². The van der Waals surface area contributed by atoms with Gasteiger partial charge in [-0.25, -0.2) is 4.98 Å². The molecule has 158 valence electrons. The summed E-state index contributed by atoms with van der Waals surface area (Å²) in [6.45, 7) is 6.14. The van der Waals surface area contributed by atoms with Gasteiger partial charge in [0.05, 0.1) is 14.2 Å². The van der Waals surface area contributed by atoms with Crippen molar-refractivity contribution in [2.45, 2.75) is 32.9 Å². The zero-order valence-electron chi connectivity index (χ0n) is 18.0. The molecule has 3 aromatic rings. The van der Waals surface area contributed by atoms with Crippen LogP contribution in [-0.4, -0.2) is 46.7 Å². The molecule has 6 nitrogen and oxygen atoms in total. The molecular weight excluding hydrogens is 376 g/mol. The van der Waals surface area contributed by atoms with Crippen molar-refractivity contribution in [1.29, 1.82) is 0 Å². The van der Waals surface area contributed by atoms with Gasteiger partial charge in [0.2, 0.25) is 0 Å². The SMILES string of the molecule is COc1cccc(CN2CCCC(Cn3c(C)cnc3-c3cccnc3)C2)c1OC. The summed E-state index contributed by atoms with van der Waals surface area (Å²) in [4.78, 5) is 11.5. The lowest BCUT2D eigenvalue weighted by Gasteiger charge is -2.33. The summed E-state index contributed by atoms with van der Waals surface area (Å²) in [6.07, 6.45) is 8.09. The number of para-hydroxylation sites is 1. The largest absolute Gasteiger partial charge is 0.493 e. The van der Waals surface area contributed by atoms with Crippen LogP contribution in [0.1, 0.15) is 24.1 Å². The summed E-state index contributed by atoms with van der Waals surface area (Å²) in [5.41, 5.74) is 3.44. The van der Waals surface area contributed by atoms with Crippen LogP contribution in [0, 0.1) is 12.8 Å². The van der Waals surface area contributed by atoms with Crippen molar-refractivity contribution in [3.05, 3.63) is 60.2 Å². The zero-order chi connectivity index (χ0) is 20.9. The summed E-state index contributed by atoms with van der Waals surface area (Å²) in [5.74, 6) is 3.22.